The van der Waals surface area contributed by atoms with Crippen LogP contribution in [0.3, 0.4) is 0 Å². The van der Waals surface area contributed by atoms with Gasteiger partial charge in [-0.1, -0.05) is 38.1 Å². The van der Waals surface area contributed by atoms with Crippen LogP contribution >= 0.6 is 0 Å². The van der Waals surface area contributed by atoms with Crippen molar-refractivity contribution < 1.29 is 18.1 Å². The zero-order chi connectivity index (χ0) is 22.5. The van der Waals surface area contributed by atoms with E-state index >= 15 is 0 Å². The topological polar surface area (TPSA) is 110 Å². The average Bonchev–Trinajstić information content (AvgIpc) is 2.70. The fourth-order valence-electron chi connectivity index (χ4n) is 3.29. The van der Waals surface area contributed by atoms with Gasteiger partial charge in [-0.25, -0.2) is 8.42 Å². The number of rotatable bonds is 9. The monoisotopic (exact) mass is 433 g/mol. The number of sulfonamides is 1. The fourth-order valence-corrected chi connectivity index (χ4v) is 4.46. The molecule has 2 rings (SSSR count). The zero-order valence-electron chi connectivity index (χ0n) is 17.6. The van der Waals surface area contributed by atoms with Gasteiger partial charge in [0.2, 0.25) is 15.9 Å². The van der Waals surface area contributed by atoms with E-state index in [9.17, 15) is 23.3 Å². The lowest BCUT2D eigenvalue weighted by atomic mass is 10.0. The third-order valence-electron chi connectivity index (χ3n) is 4.90. The maximum Gasteiger partial charge on any atom is 0.271 e. The molecule has 2 aromatic carbocycles. The van der Waals surface area contributed by atoms with Gasteiger partial charge in [-0.15, -0.1) is 0 Å². The van der Waals surface area contributed by atoms with Gasteiger partial charge in [-0.3, -0.25) is 19.2 Å². The predicted octanol–water partition coefficient (Wildman–Crippen LogP) is 3.19. The molecule has 9 heteroatoms. The number of nitrogens with zero attached hydrogens (tertiary/aromatic N) is 2. The third kappa shape index (κ3) is 5.56. The van der Waals surface area contributed by atoms with Crippen LogP contribution in [-0.2, 0) is 34.2 Å². The second kappa shape index (κ2) is 9.71. The fraction of sp³-hybridized carbons (Fsp3) is 0.381. The van der Waals surface area contributed by atoms with E-state index in [1.165, 1.54) is 25.1 Å². The summed E-state index contributed by atoms with van der Waals surface area (Å²) in [6.07, 6.45) is 2.65. The summed E-state index contributed by atoms with van der Waals surface area (Å²) in [5, 5.41) is 13.9. The van der Waals surface area contributed by atoms with Gasteiger partial charge in [0.1, 0.15) is 6.04 Å². The molecule has 0 aliphatic rings. The van der Waals surface area contributed by atoms with E-state index in [1.807, 2.05) is 19.1 Å². The molecular weight excluding hydrogens is 406 g/mol. The maximum absolute atomic E-state index is 12.8. The first-order valence-corrected chi connectivity index (χ1v) is 11.6. The summed E-state index contributed by atoms with van der Waals surface area (Å²) < 4.78 is 25.7. The van der Waals surface area contributed by atoms with Gasteiger partial charge < -0.3 is 5.32 Å². The maximum atomic E-state index is 12.8. The number of anilines is 1. The van der Waals surface area contributed by atoms with Crippen molar-refractivity contribution in [2.75, 3.05) is 10.6 Å². The van der Waals surface area contributed by atoms with Crippen LogP contribution in [0.4, 0.5) is 11.4 Å². The van der Waals surface area contributed by atoms with E-state index in [2.05, 4.69) is 18.3 Å². The molecule has 0 heterocycles. The molecule has 0 fully saturated rings. The van der Waals surface area contributed by atoms with Gasteiger partial charge in [0, 0.05) is 18.7 Å². The van der Waals surface area contributed by atoms with Crippen LogP contribution in [0.1, 0.15) is 37.5 Å². The first-order chi connectivity index (χ1) is 14.1. The van der Waals surface area contributed by atoms with Crippen LogP contribution in [0.25, 0.3) is 0 Å². The van der Waals surface area contributed by atoms with E-state index in [0.717, 1.165) is 46.2 Å². The number of nitrogens with one attached hydrogen (secondary N) is 1. The summed E-state index contributed by atoms with van der Waals surface area (Å²) in [7, 11) is -3.86. The zero-order valence-corrected chi connectivity index (χ0v) is 18.4. The highest BCUT2D eigenvalue weighted by atomic mass is 32.2. The largest absolute Gasteiger partial charge is 0.350 e. The average molecular weight is 434 g/mol. The Morgan fingerprint density at radius 2 is 1.83 bits per heavy atom. The molecule has 1 amide bonds. The van der Waals surface area contributed by atoms with Gasteiger partial charge in [-0.05, 0) is 42.5 Å². The van der Waals surface area contributed by atoms with Crippen molar-refractivity contribution in [2.45, 2.75) is 46.2 Å². The van der Waals surface area contributed by atoms with Crippen molar-refractivity contribution in [1.82, 2.24) is 5.32 Å². The van der Waals surface area contributed by atoms with E-state index in [1.54, 1.807) is 0 Å². The van der Waals surface area contributed by atoms with Crippen LogP contribution < -0.4 is 9.62 Å². The normalized spacial score (nSPS) is 12.3. The summed E-state index contributed by atoms with van der Waals surface area (Å²) in [5.41, 5.74) is 3.06. The minimum absolute atomic E-state index is 0.0663. The van der Waals surface area contributed by atoms with E-state index in [0.29, 0.717) is 0 Å². The Balaban J connectivity index is 2.27. The van der Waals surface area contributed by atoms with Gasteiger partial charge in [0.25, 0.3) is 5.69 Å². The van der Waals surface area contributed by atoms with Crippen molar-refractivity contribution in [1.29, 1.82) is 0 Å². The summed E-state index contributed by atoms with van der Waals surface area (Å²) in [4.78, 5) is 23.2. The Morgan fingerprint density at radius 1 is 1.13 bits per heavy atom. The minimum atomic E-state index is -3.86. The molecule has 1 unspecified atom stereocenters. The van der Waals surface area contributed by atoms with Crippen molar-refractivity contribution in [3.8, 4) is 0 Å². The van der Waals surface area contributed by atoms with Gasteiger partial charge >= 0.3 is 0 Å². The van der Waals surface area contributed by atoms with Gasteiger partial charge in [0.05, 0.1) is 16.9 Å². The molecule has 0 aromatic heterocycles. The van der Waals surface area contributed by atoms with Crippen LogP contribution in [0.2, 0.25) is 0 Å². The van der Waals surface area contributed by atoms with Crippen LogP contribution in [-0.4, -0.2) is 31.5 Å². The number of carbonyl (C=O) groups is 1. The molecule has 8 nitrogen and oxygen atoms in total. The third-order valence-corrected chi connectivity index (χ3v) is 6.14. The summed E-state index contributed by atoms with van der Waals surface area (Å²) in [6, 6.07) is 10.3. The second-order valence-corrected chi connectivity index (χ2v) is 8.90. The molecular formula is C21H27N3O5S. The Kier molecular flexibility index (Phi) is 7.55. The Bertz CT molecular complexity index is 1040. The Labute approximate surface area is 177 Å². The van der Waals surface area contributed by atoms with Gasteiger partial charge in [0.15, 0.2) is 0 Å². The van der Waals surface area contributed by atoms with Crippen LogP contribution in [0, 0.1) is 10.1 Å². The number of hydrogen-bond donors (Lipinski definition) is 1. The smallest absolute Gasteiger partial charge is 0.271 e. The van der Waals surface area contributed by atoms with Crippen LogP contribution in [0.15, 0.2) is 42.5 Å². The highest BCUT2D eigenvalue weighted by Gasteiger charge is 2.30. The number of amides is 1. The molecule has 0 aliphatic carbocycles. The summed E-state index contributed by atoms with van der Waals surface area (Å²) in [5.74, 6) is -0.490. The molecule has 30 heavy (non-hydrogen) atoms. The van der Waals surface area contributed by atoms with E-state index in [-0.39, 0.29) is 17.9 Å². The lowest BCUT2D eigenvalue weighted by Crippen LogP contribution is -2.47. The van der Waals surface area contributed by atoms with Gasteiger partial charge in [-0.2, -0.15) is 0 Å². The summed E-state index contributed by atoms with van der Waals surface area (Å²) in [6.45, 7) is 5.81. The Morgan fingerprint density at radius 3 is 2.40 bits per heavy atom. The first-order valence-electron chi connectivity index (χ1n) is 9.70. The van der Waals surface area contributed by atoms with E-state index < -0.39 is 26.9 Å². The predicted molar refractivity (Wildman–Crippen MR) is 117 cm³/mol. The van der Waals surface area contributed by atoms with Crippen molar-refractivity contribution in [3.05, 3.63) is 69.3 Å². The lowest BCUT2D eigenvalue weighted by molar-refractivity contribution is -0.384. The van der Waals surface area contributed by atoms with Crippen LogP contribution in [0.5, 0.6) is 0 Å². The molecule has 2 aromatic rings. The standard InChI is InChI=1S/C21H27N3O5S/c1-5-16-10-11-17(6-2)18(12-16)14-22-21(25)15(3)23(30(4,28)29)19-8-7-9-20(13-19)24(26)27/h7-13,15H,5-6,14H2,1-4H3,(H,22,25). The number of non-ortho nitro benzene ring substituents is 1. The molecule has 0 aliphatic heterocycles. The molecule has 0 saturated carbocycles. The number of hydrogen-bond acceptors (Lipinski definition) is 5. The number of aryl methyl sites for hydroxylation is 2. The van der Waals surface area contributed by atoms with Crippen molar-refractivity contribution in [2.24, 2.45) is 0 Å². The van der Waals surface area contributed by atoms with Crippen molar-refractivity contribution in [3.63, 3.8) is 0 Å². The van der Waals surface area contributed by atoms with E-state index in [4.69, 9.17) is 0 Å². The number of carbonyl (C=O) groups excluding carboxylic acids is 1. The molecule has 1 N–H and O–H groups in total. The molecule has 162 valence electrons. The highest BCUT2D eigenvalue weighted by molar-refractivity contribution is 7.92. The molecule has 0 radical (unpaired) electrons. The number of benzene rings is 2. The lowest BCUT2D eigenvalue weighted by Gasteiger charge is -2.28. The molecule has 0 spiro atoms. The molecule has 0 saturated heterocycles. The first kappa shape index (κ1) is 23.3. The highest BCUT2D eigenvalue weighted by Crippen LogP contribution is 2.25. The molecule has 1 atom stereocenters. The molecule has 0 bridgehead atoms. The summed E-state index contributed by atoms with van der Waals surface area (Å²) >= 11 is 0. The SMILES string of the molecule is CCc1ccc(CC)c(CNC(=O)C(C)N(c2cccc([N+](=O)[O-])c2)S(C)(=O)=O)c1. The Hall–Kier alpha value is -2.94. The minimum Gasteiger partial charge on any atom is -0.350 e. The number of nitro benzene ring substituents is 1. The van der Waals surface area contributed by atoms with Crippen molar-refractivity contribution >= 4 is 27.3 Å². The quantitative estimate of drug-likeness (QED) is 0.482. The number of nitro groups is 1. The second-order valence-electron chi connectivity index (χ2n) is 7.04.